The highest BCUT2D eigenvalue weighted by atomic mass is 35.5. The number of benzene rings is 1. The Bertz CT molecular complexity index is 571. The van der Waals surface area contributed by atoms with Crippen LogP contribution in [0.4, 0.5) is 5.13 Å². The van der Waals surface area contributed by atoms with Crippen LogP contribution in [0.3, 0.4) is 0 Å². The summed E-state index contributed by atoms with van der Waals surface area (Å²) in [6, 6.07) is 7.80. The number of nitrogens with two attached hydrogens (primary N) is 1. The van der Waals surface area contributed by atoms with E-state index in [1.54, 1.807) is 23.1 Å². The Hall–Kier alpha value is -0.820. The van der Waals surface area contributed by atoms with Crippen molar-refractivity contribution in [2.45, 2.75) is 22.6 Å². The van der Waals surface area contributed by atoms with Crippen molar-refractivity contribution in [2.75, 3.05) is 19.0 Å². The maximum Gasteiger partial charge on any atom is 0.208 e. The van der Waals surface area contributed by atoms with Gasteiger partial charge in [-0.3, -0.25) is 0 Å². The minimum Gasteiger partial charge on any atom is -0.353 e. The zero-order valence-electron chi connectivity index (χ0n) is 11.6. The number of rotatable bonds is 5. The van der Waals surface area contributed by atoms with E-state index in [1.807, 2.05) is 50.2 Å². The molecule has 0 bridgehead atoms. The summed E-state index contributed by atoms with van der Waals surface area (Å²) in [6.07, 6.45) is 0. The van der Waals surface area contributed by atoms with Crippen molar-refractivity contribution in [1.29, 1.82) is 0 Å². The van der Waals surface area contributed by atoms with E-state index in [0.717, 1.165) is 20.1 Å². The lowest BCUT2D eigenvalue weighted by Crippen LogP contribution is -2.22. The number of hydrogen-bond acceptors (Lipinski definition) is 6. The number of anilines is 1. The standard InChI is InChI=1S/C13H17ClN4S2/c1-8(15)11(9-5-4-6-10(14)7-9)19-13-17-16-12(20-13)18(2)3/h4-8,11H,15H2,1-3H3. The van der Waals surface area contributed by atoms with Gasteiger partial charge in [0.1, 0.15) is 0 Å². The summed E-state index contributed by atoms with van der Waals surface area (Å²) >= 11 is 9.26. The summed E-state index contributed by atoms with van der Waals surface area (Å²) in [5, 5.41) is 10.1. The molecule has 0 aliphatic heterocycles. The predicted molar refractivity (Wildman–Crippen MR) is 87.9 cm³/mol. The molecule has 2 N–H and O–H groups in total. The number of hydrogen-bond donors (Lipinski definition) is 1. The van der Waals surface area contributed by atoms with Gasteiger partial charge in [0.05, 0.1) is 5.25 Å². The fourth-order valence-corrected chi connectivity index (χ4v) is 3.93. The van der Waals surface area contributed by atoms with Crippen LogP contribution in [0.1, 0.15) is 17.7 Å². The molecule has 0 saturated heterocycles. The Morgan fingerprint density at radius 3 is 2.65 bits per heavy atom. The van der Waals surface area contributed by atoms with Gasteiger partial charge in [0.15, 0.2) is 4.34 Å². The minimum absolute atomic E-state index is 0.00910. The molecule has 108 valence electrons. The van der Waals surface area contributed by atoms with Gasteiger partial charge < -0.3 is 10.6 Å². The molecule has 1 heterocycles. The van der Waals surface area contributed by atoms with Crippen molar-refractivity contribution < 1.29 is 0 Å². The highest BCUT2D eigenvalue weighted by Gasteiger charge is 2.20. The molecule has 4 nitrogen and oxygen atoms in total. The number of nitrogens with zero attached hydrogens (tertiary/aromatic N) is 3. The minimum atomic E-state index is -0.00910. The smallest absolute Gasteiger partial charge is 0.208 e. The molecule has 2 rings (SSSR count). The van der Waals surface area contributed by atoms with Gasteiger partial charge in [0.2, 0.25) is 5.13 Å². The van der Waals surface area contributed by atoms with E-state index in [-0.39, 0.29) is 11.3 Å². The molecule has 7 heteroatoms. The van der Waals surface area contributed by atoms with Crippen molar-refractivity contribution in [3.05, 3.63) is 34.9 Å². The summed E-state index contributed by atoms with van der Waals surface area (Å²) in [6.45, 7) is 1.99. The number of thioether (sulfide) groups is 1. The summed E-state index contributed by atoms with van der Waals surface area (Å²) in [7, 11) is 3.91. The Balaban J connectivity index is 2.21. The first kappa shape index (κ1) is 15.6. The fraction of sp³-hybridized carbons (Fsp3) is 0.385. The van der Waals surface area contributed by atoms with Crippen LogP contribution in [-0.4, -0.2) is 30.3 Å². The van der Waals surface area contributed by atoms with E-state index in [9.17, 15) is 0 Å². The predicted octanol–water partition coefficient (Wildman–Crippen LogP) is 3.44. The quantitative estimate of drug-likeness (QED) is 0.852. The maximum atomic E-state index is 6.12. The summed E-state index contributed by atoms with van der Waals surface area (Å²) in [5.41, 5.74) is 7.23. The highest BCUT2D eigenvalue weighted by Crippen LogP contribution is 2.40. The van der Waals surface area contributed by atoms with Crippen LogP contribution in [0.5, 0.6) is 0 Å². The molecule has 20 heavy (non-hydrogen) atoms. The van der Waals surface area contributed by atoms with Gasteiger partial charge in [-0.05, 0) is 24.6 Å². The van der Waals surface area contributed by atoms with Gasteiger partial charge in [-0.1, -0.05) is 46.8 Å². The van der Waals surface area contributed by atoms with E-state index in [2.05, 4.69) is 10.2 Å². The molecule has 2 atom stereocenters. The van der Waals surface area contributed by atoms with Crippen LogP contribution in [-0.2, 0) is 0 Å². The van der Waals surface area contributed by atoms with E-state index < -0.39 is 0 Å². The largest absolute Gasteiger partial charge is 0.353 e. The van der Waals surface area contributed by atoms with Crippen molar-refractivity contribution in [3.63, 3.8) is 0 Å². The van der Waals surface area contributed by atoms with Crippen LogP contribution >= 0.6 is 34.7 Å². The fourth-order valence-electron chi connectivity index (χ4n) is 1.70. The molecule has 2 unspecified atom stereocenters. The van der Waals surface area contributed by atoms with E-state index in [0.29, 0.717) is 0 Å². The average Bonchev–Trinajstić information content (AvgIpc) is 2.84. The van der Waals surface area contributed by atoms with Crippen molar-refractivity contribution in [3.8, 4) is 0 Å². The van der Waals surface area contributed by atoms with Gasteiger partial charge in [-0.15, -0.1) is 10.2 Å². The Labute approximate surface area is 132 Å². The van der Waals surface area contributed by atoms with Crippen molar-refractivity contribution >= 4 is 39.8 Å². The molecule has 0 saturated carbocycles. The third-order valence-electron chi connectivity index (χ3n) is 2.66. The van der Waals surface area contributed by atoms with Crippen LogP contribution < -0.4 is 10.6 Å². The third-order valence-corrected chi connectivity index (χ3v) is 5.56. The van der Waals surface area contributed by atoms with Crippen LogP contribution in [0.15, 0.2) is 28.6 Å². The van der Waals surface area contributed by atoms with Gasteiger partial charge in [0, 0.05) is 25.2 Å². The third kappa shape index (κ3) is 3.85. The Morgan fingerprint density at radius 2 is 2.10 bits per heavy atom. The SMILES string of the molecule is CC(N)C(Sc1nnc(N(C)C)s1)c1cccc(Cl)c1. The first-order valence-corrected chi connectivity index (χ1v) is 8.23. The molecular formula is C13H17ClN4S2. The number of halogens is 1. The second-order valence-corrected chi connectivity index (χ2v) is 7.48. The number of aromatic nitrogens is 2. The zero-order chi connectivity index (χ0) is 14.7. The molecule has 0 spiro atoms. The van der Waals surface area contributed by atoms with Crippen LogP contribution in [0.25, 0.3) is 0 Å². The van der Waals surface area contributed by atoms with Gasteiger partial charge in [-0.25, -0.2) is 0 Å². The van der Waals surface area contributed by atoms with Crippen molar-refractivity contribution in [1.82, 2.24) is 10.2 Å². The second-order valence-electron chi connectivity index (χ2n) is 4.70. The summed E-state index contributed by atoms with van der Waals surface area (Å²) in [5.74, 6) is 0. The first-order valence-electron chi connectivity index (χ1n) is 6.16. The average molecular weight is 329 g/mol. The monoisotopic (exact) mass is 328 g/mol. The molecule has 0 aliphatic carbocycles. The summed E-state index contributed by atoms with van der Waals surface area (Å²) in [4.78, 5) is 1.95. The van der Waals surface area contributed by atoms with Gasteiger partial charge >= 0.3 is 0 Å². The zero-order valence-corrected chi connectivity index (χ0v) is 14.0. The second kappa shape index (κ2) is 6.76. The Morgan fingerprint density at radius 1 is 1.35 bits per heavy atom. The summed E-state index contributed by atoms with van der Waals surface area (Å²) < 4.78 is 0.913. The lowest BCUT2D eigenvalue weighted by molar-refractivity contribution is 0.720. The topological polar surface area (TPSA) is 55.0 Å². The van der Waals surface area contributed by atoms with E-state index in [4.69, 9.17) is 17.3 Å². The molecular weight excluding hydrogens is 312 g/mol. The lowest BCUT2D eigenvalue weighted by atomic mass is 10.1. The lowest BCUT2D eigenvalue weighted by Gasteiger charge is -2.19. The van der Waals surface area contributed by atoms with Crippen LogP contribution in [0, 0.1) is 0 Å². The van der Waals surface area contributed by atoms with E-state index >= 15 is 0 Å². The van der Waals surface area contributed by atoms with Gasteiger partial charge in [-0.2, -0.15) is 0 Å². The molecule has 0 radical (unpaired) electrons. The molecule has 0 aliphatic rings. The van der Waals surface area contributed by atoms with E-state index in [1.165, 1.54) is 0 Å². The highest BCUT2D eigenvalue weighted by molar-refractivity contribution is 8.01. The molecule has 1 aromatic heterocycles. The molecule has 2 aromatic rings. The normalized spacial score (nSPS) is 14.1. The first-order chi connectivity index (χ1) is 9.47. The molecule has 0 amide bonds. The molecule has 1 aromatic carbocycles. The maximum absolute atomic E-state index is 6.12. The van der Waals surface area contributed by atoms with Gasteiger partial charge in [0.25, 0.3) is 0 Å². The Kier molecular flexibility index (Phi) is 5.26. The molecule has 0 fully saturated rings. The van der Waals surface area contributed by atoms with Crippen LogP contribution in [0.2, 0.25) is 5.02 Å². The van der Waals surface area contributed by atoms with Crippen molar-refractivity contribution in [2.24, 2.45) is 5.73 Å².